The summed E-state index contributed by atoms with van der Waals surface area (Å²) >= 11 is 0. The van der Waals surface area contributed by atoms with Crippen molar-refractivity contribution in [1.29, 1.82) is 0 Å². The Labute approximate surface area is 189 Å². The third-order valence-corrected chi connectivity index (χ3v) is 6.92. The number of rotatable bonds is 9. The van der Waals surface area contributed by atoms with E-state index in [1.165, 1.54) is 16.4 Å². The van der Waals surface area contributed by atoms with Gasteiger partial charge in [-0.1, -0.05) is 42.8 Å². The van der Waals surface area contributed by atoms with Crippen LogP contribution in [0.4, 0.5) is 11.4 Å². The van der Waals surface area contributed by atoms with Gasteiger partial charge in [-0.25, -0.2) is 8.42 Å². The smallest absolute Gasteiger partial charge is 0.265 e. The molecular weight excluding hydrogens is 424 g/mol. The summed E-state index contributed by atoms with van der Waals surface area (Å²) in [5.41, 5.74) is 2.22. The molecule has 0 heterocycles. The summed E-state index contributed by atoms with van der Waals surface area (Å²) in [5, 5.41) is 2.81. The van der Waals surface area contributed by atoms with E-state index < -0.39 is 16.1 Å². The predicted molar refractivity (Wildman–Crippen MR) is 128 cm³/mol. The number of nitrogens with zero attached hydrogens (tertiary/aromatic N) is 1. The van der Waals surface area contributed by atoms with Gasteiger partial charge in [0.15, 0.2) is 6.10 Å². The van der Waals surface area contributed by atoms with Crippen LogP contribution in [0.15, 0.2) is 83.8 Å². The fourth-order valence-electron chi connectivity index (χ4n) is 3.25. The highest BCUT2D eigenvalue weighted by Gasteiger charge is 2.24. The molecule has 0 fully saturated rings. The molecule has 0 aliphatic rings. The lowest BCUT2D eigenvalue weighted by molar-refractivity contribution is -0.122. The van der Waals surface area contributed by atoms with Crippen LogP contribution < -0.4 is 14.4 Å². The van der Waals surface area contributed by atoms with Gasteiger partial charge in [0.25, 0.3) is 15.9 Å². The summed E-state index contributed by atoms with van der Waals surface area (Å²) in [6.45, 7) is 5.95. The average molecular weight is 453 g/mol. The van der Waals surface area contributed by atoms with Crippen molar-refractivity contribution in [3.8, 4) is 5.75 Å². The van der Waals surface area contributed by atoms with Gasteiger partial charge in [0.05, 0.1) is 10.6 Å². The van der Waals surface area contributed by atoms with Crippen LogP contribution in [0.5, 0.6) is 5.75 Å². The summed E-state index contributed by atoms with van der Waals surface area (Å²) in [4.78, 5) is 12.8. The van der Waals surface area contributed by atoms with E-state index >= 15 is 0 Å². The molecule has 0 aliphatic carbocycles. The lowest BCUT2D eigenvalue weighted by Gasteiger charge is -2.23. The number of benzene rings is 3. The summed E-state index contributed by atoms with van der Waals surface area (Å²) in [6, 6.07) is 22.6. The van der Waals surface area contributed by atoms with E-state index in [4.69, 9.17) is 4.74 Å². The van der Waals surface area contributed by atoms with Gasteiger partial charge in [-0.05, 0) is 68.8 Å². The van der Waals surface area contributed by atoms with Crippen molar-refractivity contribution in [1.82, 2.24) is 0 Å². The van der Waals surface area contributed by atoms with Gasteiger partial charge in [0.1, 0.15) is 5.75 Å². The van der Waals surface area contributed by atoms with E-state index in [-0.39, 0.29) is 10.8 Å². The van der Waals surface area contributed by atoms with E-state index in [0.29, 0.717) is 30.1 Å². The van der Waals surface area contributed by atoms with Crippen LogP contribution in [0.3, 0.4) is 0 Å². The van der Waals surface area contributed by atoms with Gasteiger partial charge < -0.3 is 10.1 Å². The molecule has 3 aromatic rings. The quantitative estimate of drug-likeness (QED) is 0.495. The third-order valence-electron chi connectivity index (χ3n) is 5.00. The highest BCUT2D eigenvalue weighted by molar-refractivity contribution is 7.92. The predicted octanol–water partition coefficient (Wildman–Crippen LogP) is 5.01. The maximum absolute atomic E-state index is 13.1. The third kappa shape index (κ3) is 5.48. The molecule has 6 nitrogen and oxygen atoms in total. The fourth-order valence-corrected chi connectivity index (χ4v) is 4.72. The lowest BCUT2D eigenvalue weighted by atomic mass is 10.2. The van der Waals surface area contributed by atoms with E-state index in [0.717, 1.165) is 5.56 Å². The monoisotopic (exact) mass is 452 g/mol. The SMILES string of the molecule is CC[C@@H](Oc1ccc(C)cc1)C(=O)Nc1ccc(S(=O)(=O)N(CC)c2ccccc2)cc1. The minimum absolute atomic E-state index is 0.157. The molecule has 0 unspecified atom stereocenters. The number of carbonyl (C=O) groups excluding carboxylic acids is 1. The lowest BCUT2D eigenvalue weighted by Crippen LogP contribution is -2.32. The summed E-state index contributed by atoms with van der Waals surface area (Å²) in [7, 11) is -3.72. The van der Waals surface area contributed by atoms with Crippen molar-refractivity contribution in [3.63, 3.8) is 0 Å². The van der Waals surface area contributed by atoms with Crippen LogP contribution in [0.25, 0.3) is 0 Å². The number of carbonyl (C=O) groups is 1. The first-order chi connectivity index (χ1) is 15.3. The molecule has 3 rings (SSSR count). The number of aryl methyl sites for hydroxylation is 1. The fraction of sp³-hybridized carbons (Fsp3) is 0.240. The van der Waals surface area contributed by atoms with E-state index in [2.05, 4.69) is 5.32 Å². The number of hydrogen-bond donors (Lipinski definition) is 1. The van der Waals surface area contributed by atoms with Crippen LogP contribution in [-0.2, 0) is 14.8 Å². The summed E-state index contributed by atoms with van der Waals surface area (Å²) < 4.78 is 33.4. The molecule has 0 saturated heterocycles. The molecule has 32 heavy (non-hydrogen) atoms. The average Bonchev–Trinajstić information content (AvgIpc) is 2.80. The summed E-state index contributed by atoms with van der Waals surface area (Å²) in [6.07, 6.45) is -0.163. The number of ether oxygens (including phenoxy) is 1. The zero-order chi connectivity index (χ0) is 23.1. The van der Waals surface area contributed by atoms with Crippen LogP contribution >= 0.6 is 0 Å². The molecule has 0 radical (unpaired) electrons. The minimum atomic E-state index is -3.72. The van der Waals surface area contributed by atoms with Crippen LogP contribution in [-0.4, -0.2) is 27.0 Å². The Morgan fingerprint density at radius 3 is 2.12 bits per heavy atom. The molecule has 0 aromatic heterocycles. The largest absolute Gasteiger partial charge is 0.481 e. The molecule has 3 aromatic carbocycles. The number of anilines is 2. The molecular formula is C25H28N2O4S. The van der Waals surface area contributed by atoms with Crippen LogP contribution in [0, 0.1) is 6.92 Å². The Morgan fingerprint density at radius 2 is 1.56 bits per heavy atom. The zero-order valence-electron chi connectivity index (χ0n) is 18.5. The first-order valence-corrected chi connectivity index (χ1v) is 12.0. The Kier molecular flexibility index (Phi) is 7.53. The molecule has 1 N–H and O–H groups in total. The van der Waals surface area contributed by atoms with Crippen molar-refractivity contribution in [2.45, 2.75) is 38.2 Å². The molecule has 0 bridgehead atoms. The highest BCUT2D eigenvalue weighted by Crippen LogP contribution is 2.24. The van der Waals surface area contributed by atoms with E-state index in [1.807, 2.05) is 44.2 Å². The number of amides is 1. The number of para-hydroxylation sites is 1. The summed E-state index contributed by atoms with van der Waals surface area (Å²) in [5.74, 6) is 0.336. The van der Waals surface area contributed by atoms with E-state index in [1.54, 1.807) is 43.3 Å². The number of sulfonamides is 1. The van der Waals surface area contributed by atoms with E-state index in [9.17, 15) is 13.2 Å². The molecule has 0 spiro atoms. The second-order valence-electron chi connectivity index (χ2n) is 7.35. The standard InChI is InChI=1S/C25H28N2O4S/c1-4-24(31-22-15-11-19(3)12-16-22)25(28)26-20-13-17-23(18-14-20)32(29,30)27(5-2)21-9-7-6-8-10-21/h6-18,24H,4-5H2,1-3H3,(H,26,28)/t24-/m1/s1. The second kappa shape index (κ2) is 10.3. The van der Waals surface area contributed by atoms with Crippen LogP contribution in [0.2, 0.25) is 0 Å². The van der Waals surface area contributed by atoms with Crippen molar-refractivity contribution in [3.05, 3.63) is 84.4 Å². The Morgan fingerprint density at radius 1 is 0.938 bits per heavy atom. The second-order valence-corrected chi connectivity index (χ2v) is 9.21. The Hall–Kier alpha value is -3.32. The van der Waals surface area contributed by atoms with Gasteiger partial charge in [0.2, 0.25) is 0 Å². The first-order valence-electron chi connectivity index (χ1n) is 10.6. The molecule has 0 aliphatic heterocycles. The number of nitrogens with one attached hydrogen (secondary N) is 1. The van der Waals surface area contributed by atoms with Gasteiger partial charge in [0, 0.05) is 12.2 Å². The van der Waals surface area contributed by atoms with Gasteiger partial charge >= 0.3 is 0 Å². The van der Waals surface area contributed by atoms with Crippen molar-refractivity contribution >= 4 is 27.3 Å². The highest BCUT2D eigenvalue weighted by atomic mass is 32.2. The van der Waals surface area contributed by atoms with Gasteiger partial charge in [-0.2, -0.15) is 0 Å². The molecule has 7 heteroatoms. The zero-order valence-corrected chi connectivity index (χ0v) is 19.3. The number of hydrogen-bond acceptors (Lipinski definition) is 4. The van der Waals surface area contributed by atoms with Crippen LogP contribution in [0.1, 0.15) is 25.8 Å². The first kappa shape index (κ1) is 23.3. The van der Waals surface area contributed by atoms with Gasteiger partial charge in [-0.15, -0.1) is 0 Å². The van der Waals surface area contributed by atoms with Crippen molar-refractivity contribution in [2.24, 2.45) is 0 Å². The Balaban J connectivity index is 1.71. The minimum Gasteiger partial charge on any atom is -0.481 e. The molecule has 1 amide bonds. The maximum atomic E-state index is 13.1. The molecule has 1 atom stereocenters. The topological polar surface area (TPSA) is 75.7 Å². The maximum Gasteiger partial charge on any atom is 0.265 e. The Bertz CT molecular complexity index is 1130. The molecule has 0 saturated carbocycles. The molecule has 168 valence electrons. The normalized spacial score (nSPS) is 12.1. The van der Waals surface area contributed by atoms with Crippen molar-refractivity contribution in [2.75, 3.05) is 16.2 Å². The van der Waals surface area contributed by atoms with Gasteiger partial charge in [-0.3, -0.25) is 9.10 Å². The van der Waals surface area contributed by atoms with Crippen molar-refractivity contribution < 1.29 is 17.9 Å².